The average Bonchev–Trinajstić information content (AvgIpc) is 2.79. The second kappa shape index (κ2) is 10.1. The van der Waals surface area contributed by atoms with E-state index in [9.17, 15) is 8.42 Å². The Balaban J connectivity index is 1.81. The molecule has 9 heteroatoms. The molecule has 0 spiro atoms. The fourth-order valence-corrected chi connectivity index (χ4v) is 5.61. The molecule has 1 N–H and O–H groups in total. The molecule has 0 bridgehead atoms. The molecule has 3 rings (SSSR count). The van der Waals surface area contributed by atoms with Crippen LogP contribution in [0.5, 0.6) is 11.5 Å². The fraction of sp³-hybridized carbons (Fsp3) is 0.435. The molecule has 0 aliphatic carbocycles. The monoisotopic (exact) mass is 477 g/mol. The van der Waals surface area contributed by atoms with E-state index in [1.54, 1.807) is 26.4 Å². The van der Waals surface area contributed by atoms with Gasteiger partial charge in [0, 0.05) is 31.9 Å². The van der Waals surface area contributed by atoms with Crippen LogP contribution in [0.1, 0.15) is 30.5 Å². The van der Waals surface area contributed by atoms with Crippen LogP contribution in [0.2, 0.25) is 0 Å². The Morgan fingerprint density at radius 3 is 2.31 bits per heavy atom. The minimum Gasteiger partial charge on any atom is -0.493 e. The number of thiocarbonyl (C=S) groups is 1. The van der Waals surface area contributed by atoms with Crippen LogP contribution in [0.15, 0.2) is 35.2 Å². The molecule has 7 nitrogen and oxygen atoms in total. The molecule has 32 heavy (non-hydrogen) atoms. The molecule has 2 aromatic rings. The van der Waals surface area contributed by atoms with E-state index in [1.165, 1.54) is 9.87 Å². The van der Waals surface area contributed by atoms with E-state index < -0.39 is 10.0 Å². The van der Waals surface area contributed by atoms with Crippen molar-refractivity contribution >= 4 is 33.0 Å². The smallest absolute Gasteiger partial charge is 0.243 e. The van der Waals surface area contributed by atoms with Gasteiger partial charge in [0.2, 0.25) is 10.0 Å². The fourth-order valence-electron chi connectivity index (χ4n) is 3.86. The number of benzene rings is 2. The first kappa shape index (κ1) is 24.3. The van der Waals surface area contributed by atoms with Crippen molar-refractivity contribution in [3.8, 4) is 11.5 Å². The maximum Gasteiger partial charge on any atom is 0.243 e. The van der Waals surface area contributed by atoms with Crippen LogP contribution in [-0.4, -0.2) is 56.6 Å². The first-order chi connectivity index (χ1) is 15.2. The number of hydrogen-bond acceptors (Lipinski definition) is 5. The predicted octanol–water partition coefficient (Wildman–Crippen LogP) is 3.80. The van der Waals surface area contributed by atoms with Crippen molar-refractivity contribution in [3.63, 3.8) is 0 Å². The highest BCUT2D eigenvalue weighted by Gasteiger charge is 2.24. The third-order valence-electron chi connectivity index (χ3n) is 5.80. The summed E-state index contributed by atoms with van der Waals surface area (Å²) in [6.45, 7) is 7.85. The Morgan fingerprint density at radius 2 is 1.72 bits per heavy atom. The van der Waals surface area contributed by atoms with Crippen LogP contribution in [0.4, 0.5) is 5.69 Å². The highest BCUT2D eigenvalue weighted by Crippen LogP contribution is 2.33. The molecule has 0 saturated carbocycles. The Kier molecular flexibility index (Phi) is 7.63. The zero-order valence-electron chi connectivity index (χ0n) is 19.3. The Hall–Kier alpha value is -2.36. The summed E-state index contributed by atoms with van der Waals surface area (Å²) in [6.07, 6.45) is 0.826. The molecule has 174 valence electrons. The van der Waals surface area contributed by atoms with Gasteiger partial charge in [0.15, 0.2) is 16.6 Å². The number of anilines is 1. The molecule has 2 aromatic carbocycles. The lowest BCUT2D eigenvalue weighted by Gasteiger charge is -2.32. The van der Waals surface area contributed by atoms with Gasteiger partial charge in [0.1, 0.15) is 0 Å². The van der Waals surface area contributed by atoms with E-state index >= 15 is 0 Å². The largest absolute Gasteiger partial charge is 0.493 e. The van der Waals surface area contributed by atoms with Gasteiger partial charge < -0.3 is 19.7 Å². The van der Waals surface area contributed by atoms with Crippen molar-refractivity contribution < 1.29 is 17.9 Å². The van der Waals surface area contributed by atoms with Crippen molar-refractivity contribution in [1.82, 2.24) is 9.21 Å². The highest BCUT2D eigenvalue weighted by molar-refractivity contribution is 7.89. The van der Waals surface area contributed by atoms with Crippen LogP contribution >= 0.6 is 12.2 Å². The van der Waals surface area contributed by atoms with Crippen LogP contribution in [0.3, 0.4) is 0 Å². The number of methoxy groups -OCH3 is 2. The number of hydrogen-bond donors (Lipinski definition) is 1. The van der Waals surface area contributed by atoms with Crippen LogP contribution in [0, 0.1) is 6.92 Å². The second-order valence-electron chi connectivity index (χ2n) is 7.64. The summed E-state index contributed by atoms with van der Waals surface area (Å²) in [7, 11) is -0.286. The number of rotatable bonds is 7. The SMILES string of the molecule is CCN(CC)S(=O)(=O)c1ccc(C)c(NC(=S)N2CCc3cc(OC)c(OC)cc3C2)c1. The van der Waals surface area contributed by atoms with Crippen LogP contribution < -0.4 is 14.8 Å². The van der Waals surface area contributed by atoms with E-state index in [1.807, 2.05) is 39.0 Å². The molecule has 0 radical (unpaired) electrons. The summed E-state index contributed by atoms with van der Waals surface area (Å²) < 4.78 is 38.2. The molecule has 0 amide bonds. The Bertz CT molecular complexity index is 1100. The molecule has 0 atom stereocenters. The van der Waals surface area contributed by atoms with Crippen molar-refractivity contribution in [1.29, 1.82) is 0 Å². The zero-order valence-corrected chi connectivity index (χ0v) is 20.9. The van der Waals surface area contributed by atoms with Crippen molar-refractivity contribution in [2.45, 2.75) is 38.6 Å². The number of nitrogens with one attached hydrogen (secondary N) is 1. The van der Waals surface area contributed by atoms with Gasteiger partial charge in [-0.2, -0.15) is 4.31 Å². The number of fused-ring (bicyclic) bond motifs is 1. The minimum absolute atomic E-state index is 0.262. The van der Waals surface area contributed by atoms with Crippen LogP contribution in [0.25, 0.3) is 0 Å². The number of sulfonamides is 1. The van der Waals surface area contributed by atoms with Gasteiger partial charge in [0.25, 0.3) is 0 Å². The van der Waals surface area contributed by atoms with E-state index in [2.05, 4.69) is 10.2 Å². The molecule has 0 saturated heterocycles. The van der Waals surface area contributed by atoms with Crippen molar-refractivity contribution in [2.75, 3.05) is 39.2 Å². The van der Waals surface area contributed by atoms with E-state index in [0.29, 0.717) is 36.2 Å². The molecule has 0 aromatic heterocycles. The topological polar surface area (TPSA) is 71.1 Å². The van der Waals surface area contributed by atoms with Gasteiger partial charge in [-0.05, 0) is 66.5 Å². The van der Waals surface area contributed by atoms with Gasteiger partial charge in [-0.3, -0.25) is 0 Å². The normalized spacial score (nSPS) is 13.6. The third-order valence-corrected chi connectivity index (χ3v) is 8.21. The molecule has 1 heterocycles. The number of ether oxygens (including phenoxy) is 2. The van der Waals surface area contributed by atoms with Crippen molar-refractivity contribution in [3.05, 3.63) is 47.0 Å². The van der Waals surface area contributed by atoms with E-state index in [4.69, 9.17) is 21.7 Å². The molecule has 0 unspecified atom stereocenters. The van der Waals surface area contributed by atoms with Gasteiger partial charge in [0.05, 0.1) is 19.1 Å². The third kappa shape index (κ3) is 4.84. The first-order valence-electron chi connectivity index (χ1n) is 10.7. The molecule has 0 fully saturated rings. The van der Waals surface area contributed by atoms with Crippen molar-refractivity contribution in [2.24, 2.45) is 0 Å². The maximum atomic E-state index is 12.9. The van der Waals surface area contributed by atoms with Gasteiger partial charge in [-0.1, -0.05) is 19.9 Å². The number of nitrogens with zero attached hydrogens (tertiary/aromatic N) is 2. The Labute approximate surface area is 196 Å². The average molecular weight is 478 g/mol. The molecular formula is C23H31N3O4S2. The summed E-state index contributed by atoms with van der Waals surface area (Å²) in [4.78, 5) is 2.34. The lowest BCUT2D eigenvalue weighted by molar-refractivity contribution is 0.348. The van der Waals surface area contributed by atoms with Gasteiger partial charge in [-0.15, -0.1) is 0 Å². The first-order valence-corrected chi connectivity index (χ1v) is 12.5. The minimum atomic E-state index is -3.54. The van der Waals surface area contributed by atoms with E-state index in [0.717, 1.165) is 29.8 Å². The summed E-state index contributed by atoms with van der Waals surface area (Å²) in [5, 5.41) is 3.83. The van der Waals surface area contributed by atoms with E-state index in [-0.39, 0.29) is 4.90 Å². The van der Waals surface area contributed by atoms with Gasteiger partial charge in [-0.25, -0.2) is 8.42 Å². The summed E-state index contributed by atoms with van der Waals surface area (Å²) in [5.41, 5.74) is 3.97. The molecule has 1 aliphatic heterocycles. The standard InChI is InChI=1S/C23H31N3O4S2/c1-6-26(7-2)32(27,28)19-9-8-16(3)20(14-19)24-23(31)25-11-10-17-12-21(29-4)22(30-5)13-18(17)15-25/h8-9,12-14H,6-7,10-11,15H2,1-5H3,(H,24,31). The quantitative estimate of drug-likeness (QED) is 0.608. The summed E-state index contributed by atoms with van der Waals surface area (Å²) in [6, 6.07) is 9.14. The lowest BCUT2D eigenvalue weighted by atomic mass is 9.99. The number of aryl methyl sites for hydroxylation is 1. The highest BCUT2D eigenvalue weighted by atomic mass is 32.2. The summed E-state index contributed by atoms with van der Waals surface area (Å²) in [5.74, 6) is 1.42. The molecule has 1 aliphatic rings. The zero-order chi connectivity index (χ0) is 23.5. The maximum absolute atomic E-state index is 12.9. The lowest BCUT2D eigenvalue weighted by Crippen LogP contribution is -2.39. The van der Waals surface area contributed by atoms with Gasteiger partial charge >= 0.3 is 0 Å². The summed E-state index contributed by atoms with van der Waals surface area (Å²) >= 11 is 5.69. The second-order valence-corrected chi connectivity index (χ2v) is 9.97. The predicted molar refractivity (Wildman–Crippen MR) is 131 cm³/mol. The molecular weight excluding hydrogens is 446 g/mol. The Morgan fingerprint density at radius 1 is 1.09 bits per heavy atom. The van der Waals surface area contributed by atoms with Crippen LogP contribution in [-0.2, 0) is 23.0 Å².